The van der Waals surface area contributed by atoms with Crippen molar-refractivity contribution in [2.45, 2.75) is 9.79 Å². The Balaban J connectivity index is 2.82. The van der Waals surface area contributed by atoms with E-state index in [1.807, 2.05) is 11.3 Å². The van der Waals surface area contributed by atoms with E-state index in [4.69, 9.17) is 0 Å². The molecule has 2 aromatic rings. The molecule has 1 heterocycles. The number of thiophene rings is 1. The molecule has 1 aromatic carbocycles. The summed E-state index contributed by atoms with van der Waals surface area (Å²) in [5, 5.41) is 1.34. The van der Waals surface area contributed by atoms with Gasteiger partial charge in [-0.1, -0.05) is 0 Å². The normalized spacial score (nSPS) is 11.0. The van der Waals surface area contributed by atoms with E-state index in [9.17, 15) is 0 Å². The number of benzene rings is 1. The second-order valence-corrected chi connectivity index (χ2v) is 6.86. The standard InChI is InChI=1S/C9H7IS3/c1-12-9-5-4-8(10)13-7(5)3-2-6(9)11/h2-4,11H,1H3. The highest BCUT2D eigenvalue weighted by Crippen LogP contribution is 2.37. The molecule has 0 fully saturated rings. The van der Waals surface area contributed by atoms with Crippen LogP contribution in [0, 0.1) is 2.88 Å². The number of thiol groups is 1. The Kier molecular flexibility index (Phi) is 3.12. The van der Waals surface area contributed by atoms with E-state index in [1.54, 1.807) is 11.8 Å². The molecule has 0 radical (unpaired) electrons. The fraction of sp³-hybridized carbons (Fsp3) is 0.111. The number of thioether (sulfide) groups is 1. The monoisotopic (exact) mass is 338 g/mol. The van der Waals surface area contributed by atoms with Gasteiger partial charge in [0.2, 0.25) is 0 Å². The maximum absolute atomic E-state index is 4.44. The number of rotatable bonds is 1. The Morgan fingerprint density at radius 3 is 2.92 bits per heavy atom. The molecule has 0 nitrogen and oxygen atoms in total. The quantitative estimate of drug-likeness (QED) is 0.453. The minimum atomic E-state index is 1.08. The molecule has 0 saturated carbocycles. The molecule has 68 valence electrons. The highest BCUT2D eigenvalue weighted by atomic mass is 127. The van der Waals surface area contributed by atoms with Crippen LogP contribution in [-0.4, -0.2) is 6.26 Å². The Labute approximate surface area is 105 Å². The first-order chi connectivity index (χ1) is 6.22. The summed E-state index contributed by atoms with van der Waals surface area (Å²) in [7, 11) is 0. The van der Waals surface area contributed by atoms with Crippen molar-refractivity contribution in [3.8, 4) is 0 Å². The van der Waals surface area contributed by atoms with Crippen molar-refractivity contribution in [2.75, 3.05) is 6.26 Å². The molecule has 1 aromatic heterocycles. The minimum absolute atomic E-state index is 1.08. The van der Waals surface area contributed by atoms with Crippen LogP contribution in [0.15, 0.2) is 28.0 Å². The van der Waals surface area contributed by atoms with E-state index in [1.165, 1.54) is 17.9 Å². The molecule has 0 bridgehead atoms. The fourth-order valence-corrected chi connectivity index (χ4v) is 4.27. The largest absolute Gasteiger partial charge is 0.142 e. The molecule has 0 aliphatic carbocycles. The van der Waals surface area contributed by atoms with Gasteiger partial charge < -0.3 is 0 Å². The predicted molar refractivity (Wildman–Crippen MR) is 73.6 cm³/mol. The third kappa shape index (κ3) is 1.86. The van der Waals surface area contributed by atoms with Crippen LogP contribution in [-0.2, 0) is 0 Å². The van der Waals surface area contributed by atoms with Crippen molar-refractivity contribution >= 4 is 68.4 Å². The summed E-state index contributed by atoms with van der Waals surface area (Å²) in [4.78, 5) is 2.37. The lowest BCUT2D eigenvalue weighted by molar-refractivity contribution is 1.33. The van der Waals surface area contributed by atoms with Crippen molar-refractivity contribution in [3.05, 3.63) is 21.1 Å². The van der Waals surface area contributed by atoms with Crippen LogP contribution >= 0.6 is 58.3 Å². The Morgan fingerprint density at radius 2 is 2.23 bits per heavy atom. The summed E-state index contributed by atoms with van der Waals surface area (Å²) in [6, 6.07) is 6.44. The molecular formula is C9H7IS3. The van der Waals surface area contributed by atoms with Gasteiger partial charge in [0.25, 0.3) is 0 Å². The van der Waals surface area contributed by atoms with E-state index in [2.05, 4.69) is 59.7 Å². The predicted octanol–water partition coefficient (Wildman–Crippen LogP) is 4.52. The number of hydrogen-bond donors (Lipinski definition) is 1. The van der Waals surface area contributed by atoms with Crippen LogP contribution in [0.5, 0.6) is 0 Å². The molecule has 2 rings (SSSR count). The van der Waals surface area contributed by atoms with E-state index in [0.717, 1.165) is 4.90 Å². The Morgan fingerprint density at radius 1 is 1.46 bits per heavy atom. The van der Waals surface area contributed by atoms with Crippen molar-refractivity contribution in [1.82, 2.24) is 0 Å². The average Bonchev–Trinajstić information content (AvgIpc) is 2.45. The molecule has 0 spiro atoms. The van der Waals surface area contributed by atoms with Crippen LogP contribution in [0.4, 0.5) is 0 Å². The molecule has 0 amide bonds. The van der Waals surface area contributed by atoms with Gasteiger partial charge in [-0.25, -0.2) is 0 Å². The van der Waals surface area contributed by atoms with Crippen molar-refractivity contribution in [2.24, 2.45) is 0 Å². The third-order valence-electron chi connectivity index (χ3n) is 1.80. The van der Waals surface area contributed by atoms with Gasteiger partial charge in [0, 0.05) is 19.9 Å². The lowest BCUT2D eigenvalue weighted by Crippen LogP contribution is -1.74. The molecule has 0 saturated heterocycles. The van der Waals surface area contributed by atoms with E-state index in [0.29, 0.717) is 0 Å². The van der Waals surface area contributed by atoms with Gasteiger partial charge in [0.15, 0.2) is 0 Å². The molecule has 0 aliphatic heterocycles. The lowest BCUT2D eigenvalue weighted by Gasteiger charge is -2.01. The SMILES string of the molecule is CSc1c(S)ccc2sc(I)cc12. The summed E-state index contributed by atoms with van der Waals surface area (Å²) in [5.41, 5.74) is 0. The van der Waals surface area contributed by atoms with E-state index < -0.39 is 0 Å². The van der Waals surface area contributed by atoms with Gasteiger partial charge in [0.05, 0.1) is 2.88 Å². The molecule has 4 heteroatoms. The summed E-state index contributed by atoms with van der Waals surface area (Å²) in [5.74, 6) is 0. The lowest BCUT2D eigenvalue weighted by atomic mass is 10.3. The Hall–Kier alpha value is 0.610. The van der Waals surface area contributed by atoms with E-state index >= 15 is 0 Å². The van der Waals surface area contributed by atoms with Crippen LogP contribution in [0.2, 0.25) is 0 Å². The van der Waals surface area contributed by atoms with E-state index in [-0.39, 0.29) is 0 Å². The topological polar surface area (TPSA) is 0 Å². The number of halogens is 1. The first kappa shape index (κ1) is 10.1. The van der Waals surface area contributed by atoms with Gasteiger partial charge in [-0.15, -0.1) is 35.7 Å². The maximum atomic E-state index is 4.44. The third-order valence-corrected chi connectivity index (χ3v) is 5.04. The fourth-order valence-electron chi connectivity index (χ4n) is 1.26. The summed E-state index contributed by atoms with van der Waals surface area (Å²) in [6.07, 6.45) is 2.10. The smallest absolute Gasteiger partial charge is 0.0666 e. The zero-order valence-electron chi connectivity index (χ0n) is 6.87. The summed E-state index contributed by atoms with van der Waals surface area (Å²) in [6.45, 7) is 0. The summed E-state index contributed by atoms with van der Waals surface area (Å²) >= 11 is 10.4. The van der Waals surface area contributed by atoms with Crippen LogP contribution in [0.3, 0.4) is 0 Å². The van der Waals surface area contributed by atoms with Crippen LogP contribution < -0.4 is 0 Å². The molecule has 0 atom stereocenters. The average molecular weight is 338 g/mol. The van der Waals surface area contributed by atoms with Crippen molar-refractivity contribution < 1.29 is 0 Å². The second kappa shape index (κ2) is 4.00. The number of hydrogen-bond acceptors (Lipinski definition) is 3. The van der Waals surface area contributed by atoms with Crippen molar-refractivity contribution in [3.63, 3.8) is 0 Å². The summed E-state index contributed by atoms with van der Waals surface area (Å²) < 4.78 is 2.69. The molecule has 0 N–H and O–H groups in total. The highest BCUT2D eigenvalue weighted by Gasteiger charge is 2.06. The molecule has 0 aliphatic rings. The Bertz CT molecular complexity index is 447. The van der Waals surface area contributed by atoms with Crippen LogP contribution in [0.1, 0.15) is 0 Å². The van der Waals surface area contributed by atoms with Gasteiger partial charge >= 0.3 is 0 Å². The van der Waals surface area contributed by atoms with Crippen molar-refractivity contribution in [1.29, 1.82) is 0 Å². The first-order valence-corrected chi connectivity index (χ1v) is 7.24. The number of fused-ring (bicyclic) bond motifs is 1. The van der Waals surface area contributed by atoms with Gasteiger partial charge in [-0.3, -0.25) is 0 Å². The van der Waals surface area contributed by atoms with Gasteiger partial charge in [-0.2, -0.15) is 0 Å². The zero-order chi connectivity index (χ0) is 9.42. The van der Waals surface area contributed by atoms with Gasteiger partial charge in [-0.05, 0) is 47.0 Å². The molecular weight excluding hydrogens is 331 g/mol. The maximum Gasteiger partial charge on any atom is 0.0666 e. The first-order valence-electron chi connectivity index (χ1n) is 3.67. The molecule has 13 heavy (non-hydrogen) atoms. The highest BCUT2D eigenvalue weighted by molar-refractivity contribution is 14.1. The van der Waals surface area contributed by atoms with Gasteiger partial charge in [0.1, 0.15) is 0 Å². The zero-order valence-corrected chi connectivity index (χ0v) is 11.6. The minimum Gasteiger partial charge on any atom is -0.142 e. The second-order valence-electron chi connectivity index (χ2n) is 2.58. The van der Waals surface area contributed by atoms with Crippen LogP contribution in [0.25, 0.3) is 10.1 Å². The molecule has 0 unspecified atom stereocenters.